The van der Waals surface area contributed by atoms with Gasteiger partial charge in [0.2, 0.25) is 5.91 Å². The van der Waals surface area contributed by atoms with Crippen LogP contribution in [0, 0.1) is 5.92 Å². The van der Waals surface area contributed by atoms with Gasteiger partial charge in [-0.25, -0.2) is 0 Å². The molecular weight excluding hydrogens is 527 g/mol. The number of aliphatic imine (C=N–C) groups is 1. The Bertz CT molecular complexity index is 747. The van der Waals surface area contributed by atoms with Gasteiger partial charge in [0.05, 0.1) is 0 Å². The van der Waals surface area contributed by atoms with E-state index in [1.807, 2.05) is 7.05 Å². The molecule has 33 heavy (non-hydrogen) atoms. The van der Waals surface area contributed by atoms with Crippen LogP contribution in [0.15, 0.2) is 35.3 Å². The Labute approximate surface area is 216 Å². The number of hydrogen-bond donors (Lipinski definition) is 2. The van der Waals surface area contributed by atoms with Crippen molar-refractivity contribution in [3.05, 3.63) is 30.3 Å². The molecule has 2 heterocycles. The zero-order chi connectivity index (χ0) is 22.2. The summed E-state index contributed by atoms with van der Waals surface area (Å²) in [5.74, 6) is 1.52. The first-order valence-electron chi connectivity index (χ1n) is 12.5. The van der Waals surface area contributed by atoms with Gasteiger partial charge in [-0.3, -0.25) is 14.7 Å². The summed E-state index contributed by atoms with van der Waals surface area (Å²) in [6.07, 6.45) is 6.69. The second kappa shape index (κ2) is 13.4. The molecule has 2 aliphatic heterocycles. The number of halogens is 1. The second-order valence-electron chi connectivity index (χ2n) is 9.41. The minimum atomic E-state index is 0. The summed E-state index contributed by atoms with van der Waals surface area (Å²) in [6, 6.07) is 11.0. The fourth-order valence-electron chi connectivity index (χ4n) is 5.28. The van der Waals surface area contributed by atoms with Crippen molar-refractivity contribution in [3.8, 4) is 0 Å². The predicted octanol–water partition coefficient (Wildman–Crippen LogP) is 2.77. The van der Waals surface area contributed by atoms with Crippen LogP contribution in [-0.4, -0.2) is 87.1 Å². The summed E-state index contributed by atoms with van der Waals surface area (Å²) in [5.41, 5.74) is 1.33. The Morgan fingerprint density at radius 2 is 1.76 bits per heavy atom. The first-order chi connectivity index (χ1) is 15.7. The molecule has 0 spiro atoms. The Hall–Kier alpha value is -1.55. The summed E-state index contributed by atoms with van der Waals surface area (Å²) in [5, 5.41) is 7.00. The monoisotopic (exact) mass is 568 g/mol. The van der Waals surface area contributed by atoms with Gasteiger partial charge in [-0.05, 0) is 44.4 Å². The fourth-order valence-corrected chi connectivity index (χ4v) is 5.28. The standard InChI is InChI=1S/C25H40N6O.HI/c1-26-25(28-22-12-15-31(20-22)24(32)21-8-5-6-9-21)27-13-7-14-29-16-18-30(19-17-29)23-10-3-2-4-11-23;/h2-4,10-11,21-22H,5-9,12-20H2,1H3,(H2,26,27,28);1H. The molecule has 1 aliphatic carbocycles. The summed E-state index contributed by atoms with van der Waals surface area (Å²) >= 11 is 0. The number of guanidine groups is 1. The molecule has 1 amide bonds. The maximum absolute atomic E-state index is 12.7. The Balaban J connectivity index is 0.00000306. The number of anilines is 1. The zero-order valence-corrected chi connectivity index (χ0v) is 22.4. The second-order valence-corrected chi connectivity index (χ2v) is 9.41. The summed E-state index contributed by atoms with van der Waals surface area (Å²) < 4.78 is 0. The van der Waals surface area contributed by atoms with Gasteiger partial charge in [0, 0.05) is 70.5 Å². The van der Waals surface area contributed by atoms with Crippen molar-refractivity contribution in [2.45, 2.75) is 44.6 Å². The highest BCUT2D eigenvalue weighted by atomic mass is 127. The van der Waals surface area contributed by atoms with Crippen LogP contribution in [0.25, 0.3) is 0 Å². The van der Waals surface area contributed by atoms with Crippen molar-refractivity contribution < 1.29 is 4.79 Å². The van der Waals surface area contributed by atoms with Crippen LogP contribution in [0.4, 0.5) is 5.69 Å². The van der Waals surface area contributed by atoms with E-state index in [1.165, 1.54) is 18.5 Å². The van der Waals surface area contributed by atoms with Crippen LogP contribution in [-0.2, 0) is 4.79 Å². The van der Waals surface area contributed by atoms with Crippen LogP contribution in [0.1, 0.15) is 38.5 Å². The van der Waals surface area contributed by atoms with Crippen molar-refractivity contribution in [2.75, 3.05) is 64.3 Å². The van der Waals surface area contributed by atoms with Crippen LogP contribution in [0.5, 0.6) is 0 Å². The van der Waals surface area contributed by atoms with Gasteiger partial charge in [-0.2, -0.15) is 0 Å². The topological polar surface area (TPSA) is 63.2 Å². The Kier molecular flexibility index (Phi) is 10.6. The molecule has 0 radical (unpaired) electrons. The first kappa shape index (κ1) is 26.1. The van der Waals surface area contributed by atoms with Crippen LogP contribution >= 0.6 is 24.0 Å². The number of hydrogen-bond acceptors (Lipinski definition) is 4. The lowest BCUT2D eigenvalue weighted by molar-refractivity contribution is -0.134. The minimum absolute atomic E-state index is 0. The van der Waals surface area contributed by atoms with Gasteiger partial charge in [-0.1, -0.05) is 31.0 Å². The third-order valence-corrected chi connectivity index (χ3v) is 7.21. The molecule has 0 bridgehead atoms. The van der Waals surface area contributed by atoms with Crippen LogP contribution < -0.4 is 15.5 Å². The molecule has 4 rings (SSSR count). The van der Waals surface area contributed by atoms with E-state index in [0.29, 0.717) is 11.9 Å². The fraction of sp³-hybridized carbons (Fsp3) is 0.680. The van der Waals surface area contributed by atoms with Crippen molar-refractivity contribution in [1.29, 1.82) is 0 Å². The highest BCUT2D eigenvalue weighted by Crippen LogP contribution is 2.27. The lowest BCUT2D eigenvalue weighted by Gasteiger charge is -2.36. The molecular formula is C25H41IN6O. The lowest BCUT2D eigenvalue weighted by Crippen LogP contribution is -2.48. The molecule has 1 saturated carbocycles. The van der Waals surface area contributed by atoms with E-state index in [9.17, 15) is 4.79 Å². The van der Waals surface area contributed by atoms with Crippen LogP contribution in [0.2, 0.25) is 0 Å². The molecule has 8 heteroatoms. The van der Waals surface area contributed by atoms with E-state index < -0.39 is 0 Å². The van der Waals surface area contributed by atoms with Crippen molar-refractivity contribution in [1.82, 2.24) is 20.4 Å². The number of carbonyl (C=O) groups is 1. The SMILES string of the molecule is CN=C(NCCCN1CCN(c2ccccc2)CC1)NC1CCN(C(=O)C2CCCC2)C1.I. The normalized spacial score (nSPS) is 22.3. The maximum Gasteiger partial charge on any atom is 0.225 e. The maximum atomic E-state index is 12.7. The first-order valence-corrected chi connectivity index (χ1v) is 12.5. The van der Waals surface area contributed by atoms with E-state index in [1.54, 1.807) is 0 Å². The Morgan fingerprint density at radius 1 is 1.03 bits per heavy atom. The van der Waals surface area contributed by atoms with Crippen molar-refractivity contribution in [3.63, 3.8) is 0 Å². The van der Waals surface area contributed by atoms with Gasteiger partial charge < -0.3 is 20.4 Å². The number of benzene rings is 1. The molecule has 1 aromatic carbocycles. The number of rotatable bonds is 7. The molecule has 3 aliphatic rings. The third-order valence-electron chi connectivity index (χ3n) is 7.21. The van der Waals surface area contributed by atoms with Gasteiger partial charge in [-0.15, -0.1) is 24.0 Å². The number of nitrogens with one attached hydrogen (secondary N) is 2. The van der Waals surface area contributed by atoms with Gasteiger partial charge in [0.25, 0.3) is 0 Å². The van der Waals surface area contributed by atoms with Crippen molar-refractivity contribution in [2.24, 2.45) is 10.9 Å². The van der Waals surface area contributed by atoms with E-state index in [2.05, 4.69) is 60.7 Å². The number of para-hydroxylation sites is 1. The average Bonchev–Trinajstić information content (AvgIpc) is 3.54. The molecule has 3 fully saturated rings. The quantitative estimate of drug-likeness (QED) is 0.229. The highest BCUT2D eigenvalue weighted by molar-refractivity contribution is 14.0. The number of nitrogens with zero attached hydrogens (tertiary/aromatic N) is 4. The third kappa shape index (κ3) is 7.47. The smallest absolute Gasteiger partial charge is 0.225 e. The molecule has 1 atom stereocenters. The van der Waals surface area contributed by atoms with Crippen molar-refractivity contribution >= 4 is 41.5 Å². The molecule has 184 valence electrons. The highest BCUT2D eigenvalue weighted by Gasteiger charge is 2.32. The van der Waals surface area contributed by atoms with Gasteiger partial charge in [0.1, 0.15) is 0 Å². The lowest BCUT2D eigenvalue weighted by atomic mass is 10.1. The minimum Gasteiger partial charge on any atom is -0.369 e. The molecule has 2 saturated heterocycles. The number of piperazine rings is 1. The van der Waals surface area contributed by atoms with E-state index in [0.717, 1.165) is 84.0 Å². The number of amides is 1. The van der Waals surface area contributed by atoms with Gasteiger partial charge in [0.15, 0.2) is 5.96 Å². The summed E-state index contributed by atoms with van der Waals surface area (Å²) in [6.45, 7) is 8.14. The molecule has 0 aromatic heterocycles. The zero-order valence-electron chi connectivity index (χ0n) is 20.0. The van der Waals surface area contributed by atoms with Crippen LogP contribution in [0.3, 0.4) is 0 Å². The van der Waals surface area contributed by atoms with Gasteiger partial charge >= 0.3 is 0 Å². The summed E-state index contributed by atoms with van der Waals surface area (Å²) in [4.78, 5) is 24.1. The number of likely N-dealkylation sites (tertiary alicyclic amines) is 1. The van der Waals surface area contributed by atoms with E-state index in [4.69, 9.17) is 0 Å². The van der Waals surface area contributed by atoms with E-state index >= 15 is 0 Å². The molecule has 2 N–H and O–H groups in total. The average molecular weight is 569 g/mol. The molecule has 7 nitrogen and oxygen atoms in total. The molecule has 1 aromatic rings. The van der Waals surface area contributed by atoms with E-state index in [-0.39, 0.29) is 29.9 Å². The Morgan fingerprint density at radius 3 is 2.45 bits per heavy atom. The number of carbonyl (C=O) groups excluding carboxylic acids is 1. The predicted molar refractivity (Wildman–Crippen MR) is 147 cm³/mol. The summed E-state index contributed by atoms with van der Waals surface area (Å²) in [7, 11) is 1.83. The molecule has 1 unspecified atom stereocenters. The largest absolute Gasteiger partial charge is 0.369 e.